The molecule has 0 spiro atoms. The predicted octanol–water partition coefficient (Wildman–Crippen LogP) is 3.92. The summed E-state index contributed by atoms with van der Waals surface area (Å²) in [7, 11) is 0. The van der Waals surface area contributed by atoms with E-state index in [0.29, 0.717) is 23.9 Å². The third kappa shape index (κ3) is 3.77. The fraction of sp³-hybridized carbons (Fsp3) is 0.435. The van der Waals surface area contributed by atoms with Gasteiger partial charge in [-0.25, -0.2) is 14.5 Å². The van der Waals surface area contributed by atoms with E-state index in [1.807, 2.05) is 44.2 Å². The van der Waals surface area contributed by atoms with Gasteiger partial charge in [0.2, 0.25) is 0 Å². The van der Waals surface area contributed by atoms with Gasteiger partial charge >= 0.3 is 5.97 Å². The smallest absolute Gasteiger partial charge is 0.354 e. The quantitative estimate of drug-likeness (QED) is 0.642. The molecule has 1 saturated carbocycles. The number of nitrogens with zero attached hydrogens (tertiary/aromatic N) is 3. The minimum absolute atomic E-state index is 0.0799. The minimum Gasteiger partial charge on any atom is -0.490 e. The number of ether oxygens (including phenoxy) is 3. The van der Waals surface area contributed by atoms with Gasteiger partial charge in [-0.3, -0.25) is 0 Å². The molecule has 0 unspecified atom stereocenters. The fourth-order valence-corrected chi connectivity index (χ4v) is 4.08. The highest BCUT2D eigenvalue weighted by Crippen LogP contribution is 2.42. The number of carboxylic acid groups (broad SMARTS) is 1. The molecule has 1 aliphatic carbocycles. The Morgan fingerprint density at radius 1 is 1.29 bits per heavy atom. The summed E-state index contributed by atoms with van der Waals surface area (Å²) in [6.07, 6.45) is 3.02. The van der Waals surface area contributed by atoms with Gasteiger partial charge in [-0.05, 0) is 38.8 Å². The highest BCUT2D eigenvalue weighted by molar-refractivity contribution is 5.94. The first-order valence-corrected chi connectivity index (χ1v) is 10.6. The van der Waals surface area contributed by atoms with Gasteiger partial charge in [0.05, 0.1) is 23.4 Å². The number of fused-ring (bicyclic) bond motifs is 1. The molecule has 1 atom stereocenters. The van der Waals surface area contributed by atoms with E-state index in [9.17, 15) is 9.90 Å². The van der Waals surface area contributed by atoms with E-state index in [0.717, 1.165) is 36.0 Å². The van der Waals surface area contributed by atoms with Crippen LogP contribution in [0.3, 0.4) is 0 Å². The Bertz CT molecular complexity index is 1120. The van der Waals surface area contributed by atoms with Crippen molar-refractivity contribution in [2.75, 3.05) is 13.2 Å². The van der Waals surface area contributed by atoms with Crippen molar-refractivity contribution < 1.29 is 24.1 Å². The zero-order valence-corrected chi connectivity index (χ0v) is 17.6. The number of benzene rings is 1. The predicted molar refractivity (Wildman–Crippen MR) is 113 cm³/mol. The van der Waals surface area contributed by atoms with Crippen molar-refractivity contribution in [3.05, 3.63) is 47.8 Å². The van der Waals surface area contributed by atoms with E-state index in [1.54, 1.807) is 4.68 Å². The average Bonchev–Trinajstić information content (AvgIpc) is 3.25. The summed E-state index contributed by atoms with van der Waals surface area (Å²) in [5.41, 5.74) is 2.15. The summed E-state index contributed by atoms with van der Waals surface area (Å²) in [4.78, 5) is 16.2. The molecular weight excluding hydrogens is 398 g/mol. The standard InChI is InChI=1S/C23H25N3O5/c1-23(2)30-13-16(31-23)12-29-18-11-17(22(27)28)24-21-19(18)20(14-7-6-8-14)25-26(21)15-9-4-3-5-10-15/h3-5,9-11,14,16H,6-8,12-13H2,1-2H3,(H,27,28)/t16-/m1/s1. The summed E-state index contributed by atoms with van der Waals surface area (Å²) in [5, 5.41) is 15.3. The van der Waals surface area contributed by atoms with Crippen LogP contribution in [-0.2, 0) is 9.47 Å². The third-order valence-electron chi connectivity index (χ3n) is 5.83. The van der Waals surface area contributed by atoms with Crippen LogP contribution < -0.4 is 4.74 Å². The second-order valence-corrected chi connectivity index (χ2v) is 8.53. The molecule has 31 heavy (non-hydrogen) atoms. The molecule has 8 heteroatoms. The molecule has 2 aliphatic rings. The molecule has 162 valence electrons. The molecule has 0 radical (unpaired) electrons. The van der Waals surface area contributed by atoms with Crippen LogP contribution in [0.2, 0.25) is 0 Å². The summed E-state index contributed by atoms with van der Waals surface area (Å²) in [6, 6.07) is 11.1. The van der Waals surface area contributed by atoms with E-state index in [-0.39, 0.29) is 18.4 Å². The van der Waals surface area contributed by atoms with Crippen molar-refractivity contribution in [2.45, 2.75) is 50.9 Å². The number of hydrogen-bond donors (Lipinski definition) is 1. The summed E-state index contributed by atoms with van der Waals surface area (Å²) >= 11 is 0. The van der Waals surface area contributed by atoms with Crippen molar-refractivity contribution in [3.63, 3.8) is 0 Å². The molecule has 3 heterocycles. The number of pyridine rings is 1. The number of para-hydroxylation sites is 1. The zero-order valence-electron chi connectivity index (χ0n) is 17.6. The molecule has 2 aromatic heterocycles. The Labute approximate surface area is 179 Å². The SMILES string of the molecule is CC1(C)OC[C@@H](COc2cc(C(=O)O)nc3c2c(C2CCC2)nn3-c2ccccc2)O1. The molecule has 1 aromatic carbocycles. The molecule has 0 bridgehead atoms. The first-order valence-electron chi connectivity index (χ1n) is 10.6. The van der Waals surface area contributed by atoms with Crippen LogP contribution >= 0.6 is 0 Å². The van der Waals surface area contributed by atoms with Gasteiger partial charge in [0.25, 0.3) is 0 Å². The van der Waals surface area contributed by atoms with Crippen LogP contribution in [0.1, 0.15) is 55.2 Å². The number of aromatic carboxylic acids is 1. The summed E-state index contributed by atoms with van der Waals surface area (Å²) in [5.74, 6) is -0.972. The van der Waals surface area contributed by atoms with Crippen LogP contribution in [-0.4, -0.2) is 50.9 Å². The van der Waals surface area contributed by atoms with Crippen LogP contribution in [0.25, 0.3) is 16.7 Å². The van der Waals surface area contributed by atoms with Crippen LogP contribution in [0.4, 0.5) is 0 Å². The highest BCUT2D eigenvalue weighted by atomic mass is 16.7. The number of hydrogen-bond acceptors (Lipinski definition) is 6. The van der Waals surface area contributed by atoms with E-state index in [1.165, 1.54) is 6.07 Å². The molecule has 1 N–H and O–H groups in total. The Hall–Kier alpha value is -2.97. The van der Waals surface area contributed by atoms with Crippen molar-refractivity contribution in [1.82, 2.24) is 14.8 Å². The van der Waals surface area contributed by atoms with E-state index in [4.69, 9.17) is 19.3 Å². The zero-order chi connectivity index (χ0) is 21.6. The van der Waals surface area contributed by atoms with Gasteiger partial charge < -0.3 is 19.3 Å². The molecule has 5 rings (SSSR count). The Kier molecular flexibility index (Phi) is 4.91. The van der Waals surface area contributed by atoms with Crippen molar-refractivity contribution in [3.8, 4) is 11.4 Å². The van der Waals surface area contributed by atoms with Crippen LogP contribution in [0.15, 0.2) is 36.4 Å². The monoisotopic (exact) mass is 423 g/mol. The third-order valence-corrected chi connectivity index (χ3v) is 5.83. The van der Waals surface area contributed by atoms with Gasteiger partial charge in [-0.15, -0.1) is 0 Å². The van der Waals surface area contributed by atoms with Crippen molar-refractivity contribution >= 4 is 17.0 Å². The maximum atomic E-state index is 11.8. The highest BCUT2D eigenvalue weighted by Gasteiger charge is 2.34. The van der Waals surface area contributed by atoms with E-state index >= 15 is 0 Å². The summed E-state index contributed by atoms with van der Waals surface area (Å²) in [6.45, 7) is 4.39. The maximum Gasteiger partial charge on any atom is 0.354 e. The van der Waals surface area contributed by atoms with Crippen molar-refractivity contribution in [2.24, 2.45) is 0 Å². The van der Waals surface area contributed by atoms with Gasteiger partial charge in [-0.1, -0.05) is 24.6 Å². The minimum atomic E-state index is -1.11. The second-order valence-electron chi connectivity index (χ2n) is 8.53. The molecule has 3 aromatic rings. The number of rotatable bonds is 6. The number of aromatic nitrogens is 3. The fourth-order valence-electron chi connectivity index (χ4n) is 4.08. The number of carbonyl (C=O) groups is 1. The lowest BCUT2D eigenvalue weighted by Crippen LogP contribution is -2.25. The normalized spacial score (nSPS) is 20.6. The Morgan fingerprint density at radius 2 is 2.06 bits per heavy atom. The van der Waals surface area contributed by atoms with E-state index in [2.05, 4.69) is 4.98 Å². The molecule has 2 fully saturated rings. The van der Waals surface area contributed by atoms with Crippen LogP contribution in [0.5, 0.6) is 5.75 Å². The first-order chi connectivity index (χ1) is 14.9. The van der Waals surface area contributed by atoms with Gasteiger partial charge in [0.1, 0.15) is 18.5 Å². The lowest BCUT2D eigenvalue weighted by molar-refractivity contribution is -0.141. The van der Waals surface area contributed by atoms with Crippen molar-refractivity contribution in [1.29, 1.82) is 0 Å². The average molecular weight is 423 g/mol. The molecular formula is C23H25N3O5. The first kappa shape index (κ1) is 20.0. The molecule has 1 aliphatic heterocycles. The van der Waals surface area contributed by atoms with E-state index < -0.39 is 11.8 Å². The molecule has 8 nitrogen and oxygen atoms in total. The van der Waals surface area contributed by atoms with Gasteiger partial charge in [0, 0.05) is 12.0 Å². The maximum absolute atomic E-state index is 11.8. The lowest BCUT2D eigenvalue weighted by Gasteiger charge is -2.24. The van der Waals surface area contributed by atoms with Gasteiger partial charge in [-0.2, -0.15) is 5.10 Å². The van der Waals surface area contributed by atoms with Gasteiger partial charge in [0.15, 0.2) is 17.1 Å². The summed E-state index contributed by atoms with van der Waals surface area (Å²) < 4.78 is 19.3. The Balaban J connectivity index is 1.61. The van der Waals surface area contributed by atoms with Crippen LogP contribution in [0, 0.1) is 0 Å². The number of carboxylic acids is 1. The largest absolute Gasteiger partial charge is 0.490 e. The Morgan fingerprint density at radius 3 is 2.68 bits per heavy atom. The lowest BCUT2D eigenvalue weighted by atomic mass is 9.82. The second kappa shape index (κ2) is 7.62. The molecule has 0 amide bonds. The molecule has 1 saturated heterocycles. The topological polar surface area (TPSA) is 95.7 Å².